The zero-order valence-corrected chi connectivity index (χ0v) is 5.83. The number of hydrogen-bond donors (Lipinski definition) is 0. The molecule has 0 aliphatic heterocycles. The van der Waals surface area contributed by atoms with E-state index in [4.69, 9.17) is 27.6 Å². The van der Waals surface area contributed by atoms with Gasteiger partial charge in [-0.25, -0.2) is 0 Å². The van der Waals surface area contributed by atoms with Crippen molar-refractivity contribution in [3.8, 4) is 0 Å². The molecule has 0 radical (unpaired) electrons. The number of furan rings is 2. The first kappa shape index (κ1) is 5.39. The van der Waals surface area contributed by atoms with Gasteiger partial charge in [0.15, 0.2) is 0 Å². The van der Waals surface area contributed by atoms with Gasteiger partial charge in [0.05, 0.1) is 0 Å². The van der Waals surface area contributed by atoms with Crippen molar-refractivity contribution in [3.05, 3.63) is 22.2 Å². The minimum Gasteiger partial charge on any atom is -0.454 e. The Labute approximate surface area is 61.5 Å². The summed E-state index contributed by atoms with van der Waals surface area (Å²) in [7, 11) is 0. The van der Waals surface area contributed by atoms with E-state index < -0.39 is 0 Å². The van der Waals surface area contributed by atoms with Crippen LogP contribution in [0.4, 0.5) is 0 Å². The molecule has 2 rings (SSSR count). The predicted octanol–water partition coefficient (Wildman–Crippen LogP) is 3.18. The fourth-order valence-corrected chi connectivity index (χ4v) is 1.18. The molecule has 2 heterocycles. The molecular weight excluding hydrogens is 159 g/mol. The standard InChI is InChI=1S/C6H2Cl2O/c7-5-3-1-2-4(9-3)6(5)8/h1-2H. The first-order valence-corrected chi connectivity index (χ1v) is 3.20. The fourth-order valence-electron chi connectivity index (χ4n) is 0.790. The third-order valence-corrected chi connectivity index (χ3v) is 2.08. The van der Waals surface area contributed by atoms with E-state index in [0.717, 1.165) is 0 Å². The molecule has 0 unspecified atom stereocenters. The van der Waals surface area contributed by atoms with Crippen molar-refractivity contribution in [2.24, 2.45) is 0 Å². The van der Waals surface area contributed by atoms with E-state index in [-0.39, 0.29) is 0 Å². The zero-order chi connectivity index (χ0) is 6.43. The number of hydrogen-bond acceptors (Lipinski definition) is 1. The molecule has 0 aromatic carbocycles. The molecule has 0 fully saturated rings. The molecule has 0 saturated carbocycles. The molecule has 0 saturated heterocycles. The zero-order valence-electron chi connectivity index (χ0n) is 4.32. The lowest BCUT2D eigenvalue weighted by Crippen LogP contribution is -1.58. The Kier molecular flexibility index (Phi) is 0.930. The van der Waals surface area contributed by atoms with Crippen LogP contribution in [0.5, 0.6) is 0 Å². The van der Waals surface area contributed by atoms with Crippen LogP contribution >= 0.6 is 23.2 Å². The summed E-state index contributed by atoms with van der Waals surface area (Å²) in [6.07, 6.45) is 0. The fraction of sp³-hybridized carbons (Fsp3) is 0. The average Bonchev–Trinajstić information content (AvgIpc) is 2.37. The van der Waals surface area contributed by atoms with Gasteiger partial charge < -0.3 is 4.42 Å². The largest absolute Gasteiger partial charge is 0.454 e. The van der Waals surface area contributed by atoms with Crippen molar-refractivity contribution in [3.63, 3.8) is 0 Å². The quantitative estimate of drug-likeness (QED) is 0.578. The summed E-state index contributed by atoms with van der Waals surface area (Å²) < 4.78 is 5.08. The van der Waals surface area contributed by atoms with Gasteiger partial charge in [0.1, 0.15) is 21.2 Å². The van der Waals surface area contributed by atoms with Crippen molar-refractivity contribution in [1.82, 2.24) is 0 Å². The van der Waals surface area contributed by atoms with Gasteiger partial charge in [0.2, 0.25) is 0 Å². The van der Waals surface area contributed by atoms with Crippen LogP contribution in [-0.2, 0) is 0 Å². The molecule has 1 nitrogen and oxygen atoms in total. The lowest BCUT2D eigenvalue weighted by atomic mass is 10.4. The molecule has 0 spiro atoms. The molecule has 0 amide bonds. The Morgan fingerprint density at radius 3 is 1.67 bits per heavy atom. The third-order valence-electron chi connectivity index (χ3n) is 1.23. The molecule has 46 valence electrons. The van der Waals surface area contributed by atoms with E-state index >= 15 is 0 Å². The summed E-state index contributed by atoms with van der Waals surface area (Å²) >= 11 is 11.3. The van der Waals surface area contributed by atoms with Crippen LogP contribution in [0.25, 0.3) is 11.2 Å². The lowest BCUT2D eigenvalue weighted by molar-refractivity contribution is 0.675. The van der Waals surface area contributed by atoms with Crippen LogP contribution in [-0.4, -0.2) is 0 Å². The number of halogens is 2. The molecule has 9 heavy (non-hydrogen) atoms. The van der Waals surface area contributed by atoms with Crippen molar-refractivity contribution in [1.29, 1.82) is 0 Å². The SMILES string of the molecule is Clc1c(Cl)c2ccc1o2. The Balaban J connectivity index is 2.99. The summed E-state index contributed by atoms with van der Waals surface area (Å²) in [5, 5.41) is 1.04. The van der Waals surface area contributed by atoms with E-state index in [1.54, 1.807) is 12.1 Å². The summed E-state index contributed by atoms with van der Waals surface area (Å²) in [6, 6.07) is 3.59. The molecule has 2 aromatic rings. The van der Waals surface area contributed by atoms with Crippen molar-refractivity contribution in [2.45, 2.75) is 0 Å². The molecule has 0 atom stereocenters. The second-order valence-electron chi connectivity index (χ2n) is 1.79. The van der Waals surface area contributed by atoms with Gasteiger partial charge >= 0.3 is 0 Å². The van der Waals surface area contributed by atoms with Gasteiger partial charge in [0.25, 0.3) is 0 Å². The normalized spacial score (nSPS) is 11.3. The lowest BCUT2D eigenvalue weighted by Gasteiger charge is -1.81. The number of benzene rings is 1. The van der Waals surface area contributed by atoms with E-state index in [9.17, 15) is 0 Å². The maximum Gasteiger partial charge on any atom is 0.147 e. The Hall–Kier alpha value is -0.400. The van der Waals surface area contributed by atoms with Crippen LogP contribution in [0.15, 0.2) is 16.5 Å². The highest BCUT2D eigenvalue weighted by Crippen LogP contribution is 2.36. The highest BCUT2D eigenvalue weighted by Gasteiger charge is 2.11. The van der Waals surface area contributed by atoms with E-state index in [1.807, 2.05) is 0 Å². The van der Waals surface area contributed by atoms with Gasteiger partial charge in [0, 0.05) is 0 Å². The van der Waals surface area contributed by atoms with Gasteiger partial charge in [-0.2, -0.15) is 0 Å². The monoisotopic (exact) mass is 160 g/mol. The maximum atomic E-state index is 5.67. The highest BCUT2D eigenvalue weighted by atomic mass is 35.5. The Morgan fingerprint density at radius 2 is 1.44 bits per heavy atom. The second kappa shape index (κ2) is 1.55. The van der Waals surface area contributed by atoms with Crippen molar-refractivity contribution >= 4 is 34.4 Å². The molecule has 2 bridgehead atoms. The third kappa shape index (κ3) is 0.562. The molecule has 0 aliphatic rings. The number of fused-ring (bicyclic) bond motifs is 2. The maximum absolute atomic E-state index is 5.67. The van der Waals surface area contributed by atoms with Gasteiger partial charge in [-0.15, -0.1) is 0 Å². The van der Waals surface area contributed by atoms with Crippen LogP contribution < -0.4 is 0 Å². The molecule has 2 aromatic heterocycles. The van der Waals surface area contributed by atoms with Gasteiger partial charge in [-0.05, 0) is 12.1 Å². The van der Waals surface area contributed by atoms with Crippen LogP contribution in [0.2, 0.25) is 10.0 Å². The molecule has 0 N–H and O–H groups in total. The summed E-state index contributed by atoms with van der Waals surface area (Å²) in [6.45, 7) is 0. The topological polar surface area (TPSA) is 13.1 Å². The minimum absolute atomic E-state index is 0.522. The first-order valence-electron chi connectivity index (χ1n) is 2.45. The first-order chi connectivity index (χ1) is 4.29. The highest BCUT2D eigenvalue weighted by molar-refractivity contribution is 6.46. The summed E-state index contributed by atoms with van der Waals surface area (Å²) in [5.74, 6) is 0. The van der Waals surface area contributed by atoms with Crippen LogP contribution in [0.1, 0.15) is 0 Å². The van der Waals surface area contributed by atoms with Gasteiger partial charge in [-0.3, -0.25) is 0 Å². The van der Waals surface area contributed by atoms with Crippen molar-refractivity contribution in [2.75, 3.05) is 0 Å². The summed E-state index contributed by atoms with van der Waals surface area (Å²) in [4.78, 5) is 0. The van der Waals surface area contributed by atoms with Crippen molar-refractivity contribution < 1.29 is 4.42 Å². The van der Waals surface area contributed by atoms with E-state index in [0.29, 0.717) is 21.2 Å². The summed E-state index contributed by atoms with van der Waals surface area (Å²) in [5.41, 5.74) is 1.33. The average molecular weight is 161 g/mol. The molecular formula is C6H2Cl2O. The Morgan fingerprint density at radius 1 is 1.00 bits per heavy atom. The molecule has 3 heteroatoms. The van der Waals surface area contributed by atoms with Crippen LogP contribution in [0, 0.1) is 0 Å². The minimum atomic E-state index is 0.522. The van der Waals surface area contributed by atoms with Crippen LogP contribution in [0.3, 0.4) is 0 Å². The smallest absolute Gasteiger partial charge is 0.147 e. The van der Waals surface area contributed by atoms with Gasteiger partial charge in [-0.1, -0.05) is 23.2 Å². The number of rotatable bonds is 0. The predicted molar refractivity (Wildman–Crippen MR) is 37.4 cm³/mol. The molecule has 0 aliphatic carbocycles. The second-order valence-corrected chi connectivity index (χ2v) is 2.55. The Bertz CT molecular complexity index is 295. The van der Waals surface area contributed by atoms with E-state index in [2.05, 4.69) is 0 Å². The van der Waals surface area contributed by atoms with E-state index in [1.165, 1.54) is 0 Å².